The second-order valence-electron chi connectivity index (χ2n) is 10.6. The molecule has 0 unspecified atom stereocenters. The Hall–Kier alpha value is -5.92. The first kappa shape index (κ1) is 15.2. The molecule has 0 radical (unpaired) electrons. The van der Waals surface area contributed by atoms with E-state index in [1.54, 1.807) is 42.5 Å². The Labute approximate surface area is 281 Å². The SMILES string of the molecule is [2H]c1c([2H])c([2H])c(-c2c([2H])c([2H])c(-c3c4ccccc4c(-c4ccc5c(oc6ccccc65)c4-c4c([2H])c([2H])c([2H])c([2H])c4[2H])c4ccccc34)c([2H])c2[2H])c([2H])c1[2H]. The molecule has 210 valence electrons. The van der Waals surface area contributed by atoms with E-state index in [2.05, 4.69) is 0 Å². The van der Waals surface area contributed by atoms with Gasteiger partial charge in [0.15, 0.2) is 0 Å². The predicted molar refractivity (Wildman–Crippen MR) is 190 cm³/mol. The van der Waals surface area contributed by atoms with Crippen LogP contribution in [0.15, 0.2) is 174 Å². The summed E-state index contributed by atoms with van der Waals surface area (Å²) < 4.78 is 129. The molecule has 0 N–H and O–H groups in total. The van der Waals surface area contributed by atoms with Crippen LogP contribution in [0.1, 0.15) is 19.2 Å². The van der Waals surface area contributed by atoms with Gasteiger partial charge in [-0.1, -0.05) is 157 Å². The largest absolute Gasteiger partial charge is 0.455 e. The molecule has 0 atom stereocenters. The number of para-hydroxylation sites is 1. The van der Waals surface area contributed by atoms with Gasteiger partial charge in [-0.25, -0.2) is 0 Å². The van der Waals surface area contributed by atoms with Crippen LogP contribution in [0.3, 0.4) is 0 Å². The van der Waals surface area contributed by atoms with Gasteiger partial charge in [0.1, 0.15) is 11.2 Å². The van der Waals surface area contributed by atoms with Crippen molar-refractivity contribution >= 4 is 43.5 Å². The molecule has 1 nitrogen and oxygen atoms in total. The summed E-state index contributed by atoms with van der Waals surface area (Å²) in [5.74, 6) is 0. The van der Waals surface area contributed by atoms with Gasteiger partial charge in [0.25, 0.3) is 0 Å². The molecule has 0 saturated heterocycles. The zero-order valence-corrected chi connectivity index (χ0v) is 23.5. The standard InChI is InChI=1S/C44H28O/c1-3-13-29(14-4-1)30-23-25-32(26-24-30)41-34-18-7-9-20-36(34)43(37-21-10-8-19-35(37)41)39-28-27-38-33-17-11-12-22-40(33)45-44(38)42(39)31-15-5-2-6-16-31/h1-28H/i1D,2D,3D,4D,5D,6D,13D,14D,15D,16D,23D,24D,25D,26D. The normalized spacial score (nSPS) is 15.9. The van der Waals surface area contributed by atoms with Crippen molar-refractivity contribution in [1.29, 1.82) is 0 Å². The maximum atomic E-state index is 9.36. The van der Waals surface area contributed by atoms with Gasteiger partial charge in [-0.15, -0.1) is 0 Å². The van der Waals surface area contributed by atoms with Gasteiger partial charge < -0.3 is 4.42 Å². The highest BCUT2D eigenvalue weighted by atomic mass is 16.3. The molecule has 0 aliphatic carbocycles. The number of hydrogen-bond donors (Lipinski definition) is 0. The number of hydrogen-bond acceptors (Lipinski definition) is 1. The van der Waals surface area contributed by atoms with Crippen LogP contribution in [-0.2, 0) is 0 Å². The van der Waals surface area contributed by atoms with E-state index in [9.17, 15) is 2.74 Å². The zero-order chi connectivity index (χ0) is 41.9. The first-order valence-electron chi connectivity index (χ1n) is 21.3. The lowest BCUT2D eigenvalue weighted by Crippen LogP contribution is -1.93. The molecule has 0 spiro atoms. The van der Waals surface area contributed by atoms with Gasteiger partial charge >= 0.3 is 0 Å². The minimum atomic E-state index is -0.668. The molecular formula is C44H28O. The van der Waals surface area contributed by atoms with E-state index in [0.717, 1.165) is 5.39 Å². The second kappa shape index (κ2) is 10.4. The predicted octanol–water partition coefficient (Wildman–Crippen LogP) is 12.6. The Morgan fingerprint density at radius 1 is 0.356 bits per heavy atom. The number of fused-ring (bicyclic) bond motifs is 5. The van der Waals surface area contributed by atoms with Crippen LogP contribution < -0.4 is 0 Å². The summed E-state index contributed by atoms with van der Waals surface area (Å²) >= 11 is 0. The van der Waals surface area contributed by atoms with Crippen LogP contribution in [0, 0.1) is 0 Å². The van der Waals surface area contributed by atoms with Gasteiger partial charge in [0, 0.05) is 16.3 Å². The van der Waals surface area contributed by atoms with Gasteiger partial charge in [-0.2, -0.15) is 0 Å². The summed E-state index contributed by atoms with van der Waals surface area (Å²) in [6, 6.07) is 17.5. The molecular weight excluding hydrogens is 544 g/mol. The number of furan rings is 1. The number of rotatable bonds is 4. The topological polar surface area (TPSA) is 13.1 Å². The summed E-state index contributed by atoms with van der Waals surface area (Å²) in [4.78, 5) is 0. The van der Waals surface area contributed by atoms with Crippen molar-refractivity contribution in [2.75, 3.05) is 0 Å². The monoisotopic (exact) mass is 586 g/mol. The van der Waals surface area contributed by atoms with Crippen molar-refractivity contribution in [3.63, 3.8) is 0 Å². The average Bonchev–Trinajstić information content (AvgIpc) is 3.63. The number of benzene rings is 8. The molecule has 0 aliphatic heterocycles. The minimum absolute atomic E-state index is 0.0595. The summed E-state index contributed by atoms with van der Waals surface area (Å²) in [7, 11) is 0. The van der Waals surface area contributed by atoms with E-state index in [1.807, 2.05) is 42.5 Å². The molecule has 1 aromatic heterocycles. The minimum Gasteiger partial charge on any atom is -0.455 e. The molecule has 0 aliphatic rings. The van der Waals surface area contributed by atoms with Crippen molar-refractivity contribution in [3.05, 3.63) is 170 Å². The summed E-state index contributed by atoms with van der Waals surface area (Å²) in [6.45, 7) is 0. The summed E-state index contributed by atoms with van der Waals surface area (Å²) in [5, 5.41) is 3.61. The second-order valence-corrected chi connectivity index (χ2v) is 10.6. The third-order valence-corrected chi connectivity index (χ3v) is 8.12. The fraction of sp³-hybridized carbons (Fsp3) is 0. The highest BCUT2D eigenvalue weighted by Gasteiger charge is 2.22. The highest BCUT2D eigenvalue weighted by Crippen LogP contribution is 2.48. The Morgan fingerprint density at radius 2 is 0.822 bits per heavy atom. The van der Waals surface area contributed by atoms with Crippen LogP contribution in [-0.4, -0.2) is 0 Å². The van der Waals surface area contributed by atoms with Crippen LogP contribution in [0.25, 0.3) is 88.0 Å². The van der Waals surface area contributed by atoms with Crippen LogP contribution >= 0.6 is 0 Å². The first-order chi connectivity index (χ1) is 28.2. The van der Waals surface area contributed by atoms with E-state index in [-0.39, 0.29) is 16.7 Å². The van der Waals surface area contributed by atoms with Crippen LogP contribution in [0.4, 0.5) is 0 Å². The lowest BCUT2D eigenvalue weighted by atomic mass is 9.83. The quantitative estimate of drug-likeness (QED) is 0.187. The Kier molecular flexibility index (Phi) is 3.50. The zero-order valence-electron chi connectivity index (χ0n) is 37.5. The fourth-order valence-electron chi connectivity index (χ4n) is 6.25. The highest BCUT2D eigenvalue weighted by molar-refractivity contribution is 6.24. The van der Waals surface area contributed by atoms with Gasteiger partial charge in [-0.3, -0.25) is 0 Å². The van der Waals surface area contributed by atoms with Crippen molar-refractivity contribution < 1.29 is 23.6 Å². The van der Waals surface area contributed by atoms with Crippen LogP contribution in [0.2, 0.25) is 0 Å². The van der Waals surface area contributed by atoms with Crippen molar-refractivity contribution in [1.82, 2.24) is 0 Å². The van der Waals surface area contributed by atoms with Crippen molar-refractivity contribution in [2.24, 2.45) is 0 Å². The Morgan fingerprint density at radius 3 is 1.44 bits per heavy atom. The summed E-state index contributed by atoms with van der Waals surface area (Å²) in [6.07, 6.45) is 0. The molecule has 9 rings (SSSR count). The van der Waals surface area contributed by atoms with E-state index in [1.165, 1.54) is 0 Å². The lowest BCUT2D eigenvalue weighted by molar-refractivity contribution is 0.670. The summed E-state index contributed by atoms with van der Waals surface area (Å²) in [5.41, 5.74) is 1.53. The molecule has 0 amide bonds. The van der Waals surface area contributed by atoms with Crippen LogP contribution in [0.5, 0.6) is 0 Å². The maximum Gasteiger partial charge on any atom is 0.143 e. The van der Waals surface area contributed by atoms with E-state index in [0.29, 0.717) is 54.8 Å². The molecule has 0 bridgehead atoms. The van der Waals surface area contributed by atoms with Gasteiger partial charge in [-0.05, 0) is 72.6 Å². The molecule has 1 heterocycles. The fourth-order valence-corrected chi connectivity index (χ4v) is 6.25. The molecule has 0 fully saturated rings. The van der Waals surface area contributed by atoms with E-state index >= 15 is 0 Å². The average molecular weight is 587 g/mol. The van der Waals surface area contributed by atoms with E-state index in [4.69, 9.17) is 20.9 Å². The molecule has 0 saturated carbocycles. The maximum absolute atomic E-state index is 9.36. The van der Waals surface area contributed by atoms with Gasteiger partial charge in [0.05, 0.1) is 19.2 Å². The Balaban J connectivity index is 1.43. The smallest absolute Gasteiger partial charge is 0.143 e. The lowest BCUT2D eigenvalue weighted by Gasteiger charge is -2.20. The molecule has 45 heavy (non-hydrogen) atoms. The first-order valence-corrected chi connectivity index (χ1v) is 14.3. The molecule has 9 aromatic rings. The Bertz CT molecular complexity index is 3190. The van der Waals surface area contributed by atoms with E-state index < -0.39 is 95.7 Å². The third-order valence-electron chi connectivity index (χ3n) is 8.12. The third kappa shape index (κ3) is 4.09. The molecule has 8 aromatic carbocycles. The van der Waals surface area contributed by atoms with Crippen molar-refractivity contribution in [3.8, 4) is 44.5 Å². The molecule has 1 heteroatoms. The van der Waals surface area contributed by atoms with Gasteiger partial charge in [0.2, 0.25) is 0 Å². The van der Waals surface area contributed by atoms with Crippen molar-refractivity contribution in [2.45, 2.75) is 0 Å².